The fourth-order valence-corrected chi connectivity index (χ4v) is 3.07. The fraction of sp³-hybridized carbons (Fsp3) is 0.227. The highest BCUT2D eigenvalue weighted by Gasteiger charge is 2.20. The second-order valence-corrected chi connectivity index (χ2v) is 6.77. The molecule has 142 valence electrons. The van der Waals surface area contributed by atoms with Crippen LogP contribution < -0.4 is 0 Å². The summed E-state index contributed by atoms with van der Waals surface area (Å²) >= 11 is 0. The standard InChI is InChI=1S/C22H20N2O4/c1-13-9-10-18-17(12-26-20(18)14(13)2)11-19(25)27-15(3)21-23-24-22(28-21)16-7-5-4-6-8-16/h4-10,12,15H,11H2,1-3H3/t15-/m0/s1. The maximum atomic E-state index is 12.4. The number of benzene rings is 2. The van der Waals surface area contributed by atoms with Crippen LogP contribution >= 0.6 is 0 Å². The summed E-state index contributed by atoms with van der Waals surface area (Å²) < 4.78 is 16.8. The minimum atomic E-state index is -0.639. The van der Waals surface area contributed by atoms with Crippen molar-refractivity contribution >= 4 is 16.9 Å². The van der Waals surface area contributed by atoms with Crippen LogP contribution in [0.3, 0.4) is 0 Å². The molecule has 0 fully saturated rings. The van der Waals surface area contributed by atoms with Crippen LogP contribution in [0.2, 0.25) is 0 Å². The van der Waals surface area contributed by atoms with E-state index in [2.05, 4.69) is 10.2 Å². The van der Waals surface area contributed by atoms with Gasteiger partial charge in [0.25, 0.3) is 5.89 Å². The van der Waals surface area contributed by atoms with Gasteiger partial charge in [-0.05, 0) is 44.0 Å². The van der Waals surface area contributed by atoms with E-state index in [1.54, 1.807) is 13.2 Å². The molecule has 0 amide bonds. The van der Waals surface area contributed by atoms with Gasteiger partial charge in [0.15, 0.2) is 6.10 Å². The average molecular weight is 376 g/mol. The van der Waals surface area contributed by atoms with Crippen LogP contribution in [0.1, 0.15) is 35.6 Å². The molecule has 4 aromatic rings. The van der Waals surface area contributed by atoms with Gasteiger partial charge in [0.2, 0.25) is 5.89 Å². The van der Waals surface area contributed by atoms with Crippen molar-refractivity contribution in [3.8, 4) is 11.5 Å². The molecule has 0 radical (unpaired) electrons. The van der Waals surface area contributed by atoms with Crippen LogP contribution in [0.5, 0.6) is 0 Å². The molecule has 0 saturated heterocycles. The summed E-state index contributed by atoms with van der Waals surface area (Å²) in [6.07, 6.45) is 1.09. The number of rotatable bonds is 5. The molecule has 2 heterocycles. The summed E-state index contributed by atoms with van der Waals surface area (Å²) in [7, 11) is 0. The van der Waals surface area contributed by atoms with Crippen molar-refractivity contribution < 1.29 is 18.4 Å². The van der Waals surface area contributed by atoms with Gasteiger partial charge < -0.3 is 13.6 Å². The van der Waals surface area contributed by atoms with Gasteiger partial charge in [0.05, 0.1) is 12.7 Å². The zero-order chi connectivity index (χ0) is 19.7. The van der Waals surface area contributed by atoms with E-state index in [1.807, 2.05) is 56.3 Å². The summed E-state index contributed by atoms with van der Waals surface area (Å²) in [5, 5.41) is 8.96. The summed E-state index contributed by atoms with van der Waals surface area (Å²) in [4.78, 5) is 12.4. The van der Waals surface area contributed by atoms with E-state index in [9.17, 15) is 4.79 Å². The lowest BCUT2D eigenvalue weighted by molar-refractivity contribution is -0.148. The lowest BCUT2D eigenvalue weighted by Gasteiger charge is -2.09. The van der Waals surface area contributed by atoms with Gasteiger partial charge in [-0.3, -0.25) is 4.79 Å². The van der Waals surface area contributed by atoms with Crippen molar-refractivity contribution in [2.45, 2.75) is 33.3 Å². The first kappa shape index (κ1) is 18.0. The molecule has 2 aromatic heterocycles. The van der Waals surface area contributed by atoms with Crippen LogP contribution in [-0.2, 0) is 16.0 Å². The van der Waals surface area contributed by atoms with Crippen molar-refractivity contribution in [2.75, 3.05) is 0 Å². The third kappa shape index (κ3) is 3.41. The Balaban J connectivity index is 1.46. The Morgan fingerprint density at radius 1 is 1.11 bits per heavy atom. The number of carbonyl (C=O) groups is 1. The normalized spacial score (nSPS) is 12.2. The number of fused-ring (bicyclic) bond motifs is 1. The molecule has 28 heavy (non-hydrogen) atoms. The van der Waals surface area contributed by atoms with Crippen molar-refractivity contribution in [1.82, 2.24) is 10.2 Å². The van der Waals surface area contributed by atoms with Crippen LogP contribution in [0.4, 0.5) is 0 Å². The Bertz CT molecular complexity index is 1130. The Labute approximate surface area is 162 Å². The van der Waals surface area contributed by atoms with Crippen LogP contribution in [-0.4, -0.2) is 16.2 Å². The Hall–Kier alpha value is -3.41. The number of furan rings is 1. The number of esters is 1. The van der Waals surface area contributed by atoms with Crippen molar-refractivity contribution in [2.24, 2.45) is 0 Å². The highest BCUT2D eigenvalue weighted by Crippen LogP contribution is 2.28. The summed E-state index contributed by atoms with van der Waals surface area (Å²) in [6.45, 7) is 5.74. The fourth-order valence-electron chi connectivity index (χ4n) is 3.07. The largest absolute Gasteiger partial charge is 0.464 e. The monoisotopic (exact) mass is 376 g/mol. The SMILES string of the molecule is Cc1ccc2c(CC(=O)O[C@@H](C)c3nnc(-c4ccccc4)o3)coc2c1C. The smallest absolute Gasteiger partial charge is 0.311 e. The second kappa shape index (κ2) is 7.31. The minimum Gasteiger partial charge on any atom is -0.464 e. The molecule has 0 bridgehead atoms. The number of aryl methyl sites for hydroxylation is 2. The molecular weight excluding hydrogens is 356 g/mol. The zero-order valence-electron chi connectivity index (χ0n) is 15.9. The topological polar surface area (TPSA) is 78.4 Å². The molecule has 0 saturated carbocycles. The maximum absolute atomic E-state index is 12.4. The lowest BCUT2D eigenvalue weighted by atomic mass is 10.0. The third-order valence-electron chi connectivity index (χ3n) is 4.79. The molecule has 1 atom stereocenters. The first-order valence-electron chi connectivity index (χ1n) is 9.07. The van der Waals surface area contributed by atoms with Gasteiger partial charge in [-0.15, -0.1) is 10.2 Å². The molecule has 0 N–H and O–H groups in total. The highest BCUT2D eigenvalue weighted by molar-refractivity contribution is 5.88. The predicted octanol–water partition coefficient (Wildman–Crippen LogP) is 4.95. The summed E-state index contributed by atoms with van der Waals surface area (Å²) in [6, 6.07) is 13.4. The number of ether oxygens (including phenoxy) is 1. The number of carbonyl (C=O) groups excluding carboxylic acids is 1. The molecule has 4 rings (SSSR count). The minimum absolute atomic E-state index is 0.111. The van der Waals surface area contributed by atoms with Crippen LogP contribution in [0.15, 0.2) is 57.6 Å². The Morgan fingerprint density at radius 3 is 2.68 bits per heavy atom. The Morgan fingerprint density at radius 2 is 1.89 bits per heavy atom. The summed E-state index contributed by atoms with van der Waals surface area (Å²) in [5.74, 6) is 0.272. The van der Waals surface area contributed by atoms with Gasteiger partial charge in [-0.1, -0.05) is 30.3 Å². The first-order valence-corrected chi connectivity index (χ1v) is 9.07. The van der Waals surface area contributed by atoms with Gasteiger partial charge in [-0.2, -0.15) is 0 Å². The second-order valence-electron chi connectivity index (χ2n) is 6.77. The van der Waals surface area contributed by atoms with E-state index in [4.69, 9.17) is 13.6 Å². The number of nitrogens with zero attached hydrogens (tertiary/aromatic N) is 2. The number of hydrogen-bond acceptors (Lipinski definition) is 6. The van der Waals surface area contributed by atoms with E-state index >= 15 is 0 Å². The molecule has 6 heteroatoms. The van der Waals surface area contributed by atoms with E-state index in [0.29, 0.717) is 5.89 Å². The van der Waals surface area contributed by atoms with E-state index < -0.39 is 6.10 Å². The number of hydrogen-bond donors (Lipinski definition) is 0. The maximum Gasteiger partial charge on any atom is 0.311 e. The number of aromatic nitrogens is 2. The molecule has 0 aliphatic carbocycles. The quantitative estimate of drug-likeness (QED) is 0.459. The van der Waals surface area contributed by atoms with Gasteiger partial charge in [0, 0.05) is 16.5 Å². The van der Waals surface area contributed by atoms with Gasteiger partial charge in [0.1, 0.15) is 5.58 Å². The van der Waals surface area contributed by atoms with Gasteiger partial charge in [-0.25, -0.2) is 0 Å². The van der Waals surface area contributed by atoms with E-state index in [1.165, 1.54) is 0 Å². The van der Waals surface area contributed by atoms with Crippen molar-refractivity contribution in [1.29, 1.82) is 0 Å². The first-order chi connectivity index (χ1) is 13.5. The third-order valence-corrected chi connectivity index (χ3v) is 4.79. The molecule has 0 aliphatic heterocycles. The van der Waals surface area contributed by atoms with E-state index in [-0.39, 0.29) is 18.3 Å². The predicted molar refractivity (Wildman–Crippen MR) is 104 cm³/mol. The lowest BCUT2D eigenvalue weighted by Crippen LogP contribution is -2.11. The average Bonchev–Trinajstić information content (AvgIpc) is 3.33. The molecule has 0 aliphatic rings. The molecule has 2 aromatic carbocycles. The zero-order valence-corrected chi connectivity index (χ0v) is 15.9. The van der Waals surface area contributed by atoms with Crippen LogP contribution in [0.25, 0.3) is 22.4 Å². The highest BCUT2D eigenvalue weighted by atomic mass is 16.6. The molecule has 0 spiro atoms. The van der Waals surface area contributed by atoms with E-state index in [0.717, 1.165) is 33.2 Å². The molecule has 0 unspecified atom stereocenters. The van der Waals surface area contributed by atoms with Crippen molar-refractivity contribution in [3.05, 3.63) is 71.3 Å². The van der Waals surface area contributed by atoms with Gasteiger partial charge >= 0.3 is 5.97 Å². The summed E-state index contributed by atoms with van der Waals surface area (Å²) in [5.41, 5.74) is 4.64. The van der Waals surface area contributed by atoms with Crippen molar-refractivity contribution in [3.63, 3.8) is 0 Å². The molecule has 6 nitrogen and oxygen atoms in total. The van der Waals surface area contributed by atoms with Crippen LogP contribution in [0, 0.1) is 13.8 Å². The Kier molecular flexibility index (Phi) is 4.69. The molecular formula is C22H20N2O4.